The van der Waals surface area contributed by atoms with Crippen molar-refractivity contribution in [2.75, 3.05) is 11.9 Å². The van der Waals surface area contributed by atoms with E-state index in [1.807, 2.05) is 53.2 Å². The molecule has 6 rings (SSSR count). The molecule has 0 radical (unpaired) electrons. The summed E-state index contributed by atoms with van der Waals surface area (Å²) in [5, 5.41) is 13.5. The number of nitrogens with zero attached hydrogens (tertiary/aromatic N) is 4. The number of aromatic nitrogens is 4. The van der Waals surface area contributed by atoms with Crippen LogP contribution in [0.15, 0.2) is 61.2 Å². The van der Waals surface area contributed by atoms with Gasteiger partial charge in [-0.15, -0.1) is 24.8 Å². The number of halogens is 3. The maximum atomic E-state index is 10.1. The number of hydrogen-bond acceptors (Lipinski definition) is 9. The van der Waals surface area contributed by atoms with Crippen molar-refractivity contribution in [3.8, 4) is 11.5 Å². The van der Waals surface area contributed by atoms with Gasteiger partial charge in [0.1, 0.15) is 28.9 Å². The second-order valence-corrected chi connectivity index (χ2v) is 9.76. The van der Waals surface area contributed by atoms with E-state index in [1.165, 1.54) is 17.9 Å². The lowest BCUT2D eigenvalue weighted by Crippen LogP contribution is -2.29. The fourth-order valence-electron chi connectivity index (χ4n) is 3.69. The third kappa shape index (κ3) is 6.70. The van der Waals surface area contributed by atoms with Gasteiger partial charge in [-0.25, -0.2) is 9.97 Å². The highest BCUT2D eigenvalue weighted by molar-refractivity contribution is 7.13. The number of ether oxygens (including phenoxy) is 1. The zero-order valence-corrected chi connectivity index (χ0v) is 23.6. The van der Waals surface area contributed by atoms with Crippen LogP contribution >= 0.6 is 47.9 Å². The van der Waals surface area contributed by atoms with Crippen molar-refractivity contribution in [3.63, 3.8) is 0 Å². The van der Waals surface area contributed by atoms with Crippen LogP contribution in [0.2, 0.25) is 5.02 Å². The molecule has 3 aromatic heterocycles. The SMILES string of the molecule is Cl.Cl.NC(=O)C1(O)CC1.NCCn1ccc2ncnc(Nc3ccc(Oc4cccc5sncc45)c(Cl)c3)c21. The van der Waals surface area contributed by atoms with Crippen LogP contribution in [0.5, 0.6) is 11.5 Å². The Hall–Kier alpha value is -3.19. The summed E-state index contributed by atoms with van der Waals surface area (Å²) in [6, 6.07) is 13.4. The van der Waals surface area contributed by atoms with Crippen molar-refractivity contribution in [1.82, 2.24) is 18.9 Å². The molecule has 0 bridgehead atoms. The number of benzene rings is 2. The highest BCUT2D eigenvalue weighted by atomic mass is 35.5. The van der Waals surface area contributed by atoms with Gasteiger partial charge < -0.3 is 31.2 Å². The van der Waals surface area contributed by atoms with Crippen LogP contribution in [0, 0.1) is 0 Å². The Morgan fingerprint density at radius 2 is 1.97 bits per heavy atom. The summed E-state index contributed by atoms with van der Waals surface area (Å²) < 4.78 is 13.4. The molecule has 39 heavy (non-hydrogen) atoms. The van der Waals surface area contributed by atoms with Gasteiger partial charge >= 0.3 is 0 Å². The lowest BCUT2D eigenvalue weighted by atomic mass is 10.2. The predicted octanol–water partition coefficient (Wildman–Crippen LogP) is 5.03. The van der Waals surface area contributed by atoms with Gasteiger partial charge in [0.15, 0.2) is 5.82 Å². The lowest BCUT2D eigenvalue weighted by molar-refractivity contribution is -0.127. The number of nitrogens with two attached hydrogens (primary N) is 2. The smallest absolute Gasteiger partial charge is 0.249 e. The van der Waals surface area contributed by atoms with Gasteiger partial charge in [-0.3, -0.25) is 4.79 Å². The first kappa shape index (κ1) is 30.4. The largest absolute Gasteiger partial charge is 0.455 e. The Kier molecular flexibility index (Phi) is 9.94. The molecule has 1 aliphatic rings. The highest BCUT2D eigenvalue weighted by Gasteiger charge is 2.46. The second kappa shape index (κ2) is 12.8. The number of fused-ring (bicyclic) bond motifs is 2. The molecule has 6 N–H and O–H groups in total. The van der Waals surface area contributed by atoms with Gasteiger partial charge in [-0.1, -0.05) is 17.7 Å². The van der Waals surface area contributed by atoms with Crippen LogP contribution in [-0.4, -0.2) is 42.1 Å². The average molecular weight is 611 g/mol. The molecule has 3 heterocycles. The number of aliphatic hydroxyl groups is 1. The summed E-state index contributed by atoms with van der Waals surface area (Å²) in [6.07, 6.45) is 6.38. The topological polar surface area (TPSA) is 154 Å². The van der Waals surface area contributed by atoms with Gasteiger partial charge in [0, 0.05) is 25.0 Å². The number of amides is 1. The Morgan fingerprint density at radius 3 is 2.64 bits per heavy atom. The van der Waals surface area contributed by atoms with Crippen molar-refractivity contribution < 1.29 is 14.6 Å². The van der Waals surface area contributed by atoms with E-state index < -0.39 is 11.5 Å². The number of hydrogen-bond donors (Lipinski definition) is 4. The zero-order valence-electron chi connectivity index (χ0n) is 20.4. The first-order valence-corrected chi connectivity index (χ1v) is 12.6. The highest BCUT2D eigenvalue weighted by Crippen LogP contribution is 2.37. The van der Waals surface area contributed by atoms with Crippen molar-refractivity contribution in [2.45, 2.75) is 25.0 Å². The van der Waals surface area contributed by atoms with Crippen LogP contribution < -0.4 is 21.5 Å². The molecule has 14 heteroatoms. The zero-order chi connectivity index (χ0) is 26.0. The Labute approximate surface area is 245 Å². The average Bonchev–Trinajstić information content (AvgIpc) is 3.27. The Bertz CT molecular complexity index is 1590. The minimum absolute atomic E-state index is 0. The number of anilines is 2. The quantitative estimate of drug-likeness (QED) is 0.200. The molecule has 0 unspecified atom stereocenters. The molecule has 0 aliphatic heterocycles. The van der Waals surface area contributed by atoms with Crippen molar-refractivity contribution in [2.24, 2.45) is 11.5 Å². The third-order valence-electron chi connectivity index (χ3n) is 5.88. The van der Waals surface area contributed by atoms with Crippen LogP contribution in [-0.2, 0) is 11.3 Å². The fourth-order valence-corrected chi connectivity index (χ4v) is 4.57. The maximum Gasteiger partial charge on any atom is 0.249 e. The molecule has 2 aromatic carbocycles. The van der Waals surface area contributed by atoms with E-state index in [9.17, 15) is 4.79 Å². The number of primary amides is 1. The number of nitrogens with one attached hydrogen (secondary N) is 1. The Balaban J connectivity index is 0.000000410. The summed E-state index contributed by atoms with van der Waals surface area (Å²) in [5.74, 6) is 1.39. The molecule has 1 aliphatic carbocycles. The van der Waals surface area contributed by atoms with Crippen LogP contribution in [0.3, 0.4) is 0 Å². The van der Waals surface area contributed by atoms with E-state index in [2.05, 4.69) is 19.7 Å². The van der Waals surface area contributed by atoms with E-state index in [4.69, 9.17) is 32.9 Å². The van der Waals surface area contributed by atoms with Crippen molar-refractivity contribution >= 4 is 86.5 Å². The predicted molar refractivity (Wildman–Crippen MR) is 159 cm³/mol. The van der Waals surface area contributed by atoms with E-state index in [0.29, 0.717) is 42.5 Å². The van der Waals surface area contributed by atoms with Crippen molar-refractivity contribution in [1.29, 1.82) is 0 Å². The normalized spacial score (nSPS) is 13.0. The summed E-state index contributed by atoms with van der Waals surface area (Å²) in [4.78, 5) is 18.8. The molecule has 0 spiro atoms. The first-order chi connectivity index (χ1) is 17.9. The van der Waals surface area contributed by atoms with Gasteiger partial charge in [0.2, 0.25) is 5.91 Å². The summed E-state index contributed by atoms with van der Waals surface area (Å²) >= 11 is 7.95. The van der Waals surface area contributed by atoms with E-state index in [1.54, 1.807) is 6.20 Å². The van der Waals surface area contributed by atoms with Gasteiger partial charge in [0.25, 0.3) is 0 Å². The summed E-state index contributed by atoms with van der Waals surface area (Å²) in [7, 11) is 0. The van der Waals surface area contributed by atoms with Gasteiger partial charge in [-0.2, -0.15) is 4.37 Å². The van der Waals surface area contributed by atoms with Crippen LogP contribution in [0.4, 0.5) is 11.5 Å². The van der Waals surface area contributed by atoms with Gasteiger partial charge in [0.05, 0.1) is 26.8 Å². The molecule has 10 nitrogen and oxygen atoms in total. The summed E-state index contributed by atoms with van der Waals surface area (Å²) in [5.41, 5.74) is 11.9. The van der Waals surface area contributed by atoms with E-state index in [0.717, 1.165) is 32.6 Å². The molecular formula is C25H26Cl3N7O3S. The maximum absolute atomic E-state index is 10.1. The molecule has 206 valence electrons. The Morgan fingerprint density at radius 1 is 1.18 bits per heavy atom. The fraction of sp³-hybridized carbons (Fsp3) is 0.200. The number of carbonyl (C=O) groups is 1. The first-order valence-electron chi connectivity index (χ1n) is 11.5. The molecular weight excluding hydrogens is 585 g/mol. The molecule has 1 saturated carbocycles. The monoisotopic (exact) mass is 609 g/mol. The number of rotatable bonds is 7. The number of carbonyl (C=O) groups excluding carboxylic acids is 1. The summed E-state index contributed by atoms with van der Waals surface area (Å²) in [6.45, 7) is 1.21. The van der Waals surface area contributed by atoms with Crippen molar-refractivity contribution in [3.05, 3.63) is 66.2 Å². The minimum Gasteiger partial charge on any atom is -0.455 e. The van der Waals surface area contributed by atoms with Crippen LogP contribution in [0.1, 0.15) is 12.8 Å². The molecule has 5 aromatic rings. The molecule has 1 fully saturated rings. The molecule has 0 atom stereocenters. The third-order valence-corrected chi connectivity index (χ3v) is 6.93. The van der Waals surface area contributed by atoms with E-state index >= 15 is 0 Å². The minimum atomic E-state index is -1.11. The van der Waals surface area contributed by atoms with E-state index in [-0.39, 0.29) is 24.8 Å². The second-order valence-electron chi connectivity index (χ2n) is 8.52. The molecule has 1 amide bonds. The van der Waals surface area contributed by atoms with Gasteiger partial charge in [-0.05, 0) is 60.8 Å². The molecule has 0 saturated heterocycles. The van der Waals surface area contributed by atoms with Crippen LogP contribution in [0.25, 0.3) is 21.1 Å². The lowest BCUT2D eigenvalue weighted by Gasteiger charge is -2.12. The standard InChI is InChI=1S/C21H17ClN6OS.C4H7NO2.2ClH/c22-15-10-13(27-21-20-16(24-12-25-21)6-8-28(20)9-7-23)4-5-18(15)29-17-2-1-3-19-14(17)11-26-30-19;5-3(6)4(7)1-2-4;;/h1-6,8,10-12H,7,9,23H2,(H,24,25,27);7H,1-2H2,(H2,5,6);2*1H.